The fourth-order valence-corrected chi connectivity index (χ4v) is 2.86. The second-order valence-electron chi connectivity index (χ2n) is 5.92. The van der Waals surface area contributed by atoms with Crippen LogP contribution in [0, 0.1) is 0 Å². The van der Waals surface area contributed by atoms with Crippen LogP contribution in [0.3, 0.4) is 0 Å². The zero-order chi connectivity index (χ0) is 18.5. The maximum Gasteiger partial charge on any atom is 0.303 e. The average Bonchev–Trinajstić information content (AvgIpc) is 3.12. The van der Waals surface area contributed by atoms with Crippen molar-refractivity contribution < 1.29 is 19.1 Å². The van der Waals surface area contributed by atoms with Gasteiger partial charge in [0.1, 0.15) is 5.75 Å². The summed E-state index contributed by atoms with van der Waals surface area (Å²) >= 11 is 0. The minimum Gasteiger partial charge on any atom is -0.497 e. The van der Waals surface area contributed by atoms with Gasteiger partial charge in [0.2, 0.25) is 0 Å². The van der Waals surface area contributed by atoms with Crippen LogP contribution in [0.25, 0.3) is 0 Å². The molecular formula is C20H20N2O4. The molecular weight excluding hydrogens is 332 g/mol. The van der Waals surface area contributed by atoms with Gasteiger partial charge in [-0.05, 0) is 23.3 Å². The molecule has 1 atom stereocenters. The first-order valence-electron chi connectivity index (χ1n) is 8.30. The summed E-state index contributed by atoms with van der Waals surface area (Å²) in [7, 11) is 1.61. The van der Waals surface area contributed by atoms with E-state index in [9.17, 15) is 9.59 Å². The highest BCUT2D eigenvalue weighted by Gasteiger charge is 2.33. The summed E-state index contributed by atoms with van der Waals surface area (Å²) in [5.41, 5.74) is 2.73. The van der Waals surface area contributed by atoms with Gasteiger partial charge in [0, 0.05) is 13.3 Å². The summed E-state index contributed by atoms with van der Waals surface area (Å²) in [5.74, 6) is -0.105. The van der Waals surface area contributed by atoms with Crippen LogP contribution in [0.4, 0.5) is 0 Å². The third-order valence-electron chi connectivity index (χ3n) is 4.17. The molecule has 1 amide bonds. The number of benzene rings is 2. The molecule has 2 aromatic carbocycles. The summed E-state index contributed by atoms with van der Waals surface area (Å²) < 4.78 is 10.1. The topological polar surface area (TPSA) is 68.2 Å². The van der Waals surface area contributed by atoms with Crippen molar-refractivity contribution in [2.45, 2.75) is 19.4 Å². The van der Waals surface area contributed by atoms with E-state index < -0.39 is 5.97 Å². The second-order valence-corrected chi connectivity index (χ2v) is 5.92. The summed E-state index contributed by atoms with van der Waals surface area (Å²) in [6.07, 6.45) is 0.585. The van der Waals surface area contributed by atoms with Gasteiger partial charge in [0.25, 0.3) is 5.91 Å². The van der Waals surface area contributed by atoms with E-state index in [0.717, 1.165) is 22.6 Å². The third kappa shape index (κ3) is 3.91. The minimum absolute atomic E-state index is 0.251. The molecule has 0 saturated heterocycles. The molecule has 0 bridgehead atoms. The molecule has 1 heterocycles. The molecule has 0 fully saturated rings. The fraction of sp³-hybridized carbons (Fsp3) is 0.250. The molecule has 0 unspecified atom stereocenters. The van der Waals surface area contributed by atoms with Crippen LogP contribution in [0.1, 0.15) is 30.5 Å². The van der Waals surface area contributed by atoms with Crippen molar-refractivity contribution in [3.8, 4) is 5.75 Å². The number of amides is 1. The average molecular weight is 352 g/mol. The third-order valence-corrected chi connectivity index (χ3v) is 4.17. The Balaban J connectivity index is 1.88. The standard InChI is InChI=1S/C20H20N2O4/c1-14(23)26-13-20(24)22-19(16-8-10-17(25-2)11-9-16)12-18(21-22)15-6-4-3-5-7-15/h3-11,19H,12-13H2,1-2H3/t19-/m1/s1. The van der Waals surface area contributed by atoms with Crippen LogP contribution in [0.5, 0.6) is 5.75 Å². The number of nitrogens with zero attached hydrogens (tertiary/aromatic N) is 2. The number of hydrazone groups is 1. The number of ether oxygens (including phenoxy) is 2. The van der Waals surface area contributed by atoms with E-state index in [1.54, 1.807) is 7.11 Å². The molecule has 0 N–H and O–H groups in total. The predicted molar refractivity (Wildman–Crippen MR) is 96.8 cm³/mol. The zero-order valence-corrected chi connectivity index (χ0v) is 14.7. The van der Waals surface area contributed by atoms with Gasteiger partial charge in [-0.3, -0.25) is 9.59 Å². The van der Waals surface area contributed by atoms with Gasteiger partial charge in [-0.2, -0.15) is 5.10 Å². The molecule has 0 radical (unpaired) electrons. The molecule has 0 saturated carbocycles. The fourth-order valence-electron chi connectivity index (χ4n) is 2.86. The molecule has 2 aromatic rings. The summed E-state index contributed by atoms with van der Waals surface area (Å²) in [4.78, 5) is 23.6. The van der Waals surface area contributed by atoms with Gasteiger partial charge >= 0.3 is 5.97 Å². The van der Waals surface area contributed by atoms with Crippen molar-refractivity contribution in [2.75, 3.05) is 13.7 Å². The smallest absolute Gasteiger partial charge is 0.303 e. The summed E-state index contributed by atoms with van der Waals surface area (Å²) in [6.45, 7) is 0.949. The molecule has 134 valence electrons. The highest BCUT2D eigenvalue weighted by molar-refractivity contribution is 6.03. The summed E-state index contributed by atoms with van der Waals surface area (Å²) in [5, 5.41) is 5.92. The Labute approximate surface area is 152 Å². The van der Waals surface area contributed by atoms with E-state index >= 15 is 0 Å². The van der Waals surface area contributed by atoms with Gasteiger partial charge in [-0.1, -0.05) is 42.5 Å². The Morgan fingerprint density at radius 1 is 1.12 bits per heavy atom. The normalized spacial score (nSPS) is 16.2. The number of carbonyl (C=O) groups excluding carboxylic acids is 2. The molecule has 3 rings (SSSR count). The van der Waals surface area contributed by atoms with Gasteiger partial charge in [0.15, 0.2) is 6.61 Å². The van der Waals surface area contributed by atoms with Crippen LogP contribution in [0.15, 0.2) is 59.7 Å². The van der Waals surface area contributed by atoms with Gasteiger partial charge in [0.05, 0.1) is 18.9 Å². The number of methoxy groups -OCH3 is 1. The maximum atomic E-state index is 12.6. The lowest BCUT2D eigenvalue weighted by Gasteiger charge is -2.22. The lowest BCUT2D eigenvalue weighted by molar-refractivity contribution is -0.151. The van der Waals surface area contributed by atoms with E-state index in [1.807, 2.05) is 54.6 Å². The predicted octanol–water partition coefficient (Wildman–Crippen LogP) is 2.94. The first-order chi connectivity index (χ1) is 12.6. The van der Waals surface area contributed by atoms with Crippen molar-refractivity contribution in [1.29, 1.82) is 0 Å². The molecule has 1 aliphatic rings. The van der Waals surface area contributed by atoms with Crippen LogP contribution in [0.2, 0.25) is 0 Å². The Morgan fingerprint density at radius 3 is 2.42 bits per heavy atom. The number of esters is 1. The Morgan fingerprint density at radius 2 is 1.81 bits per heavy atom. The van der Waals surface area contributed by atoms with Crippen molar-refractivity contribution in [3.63, 3.8) is 0 Å². The highest BCUT2D eigenvalue weighted by Crippen LogP contribution is 2.33. The second kappa shape index (κ2) is 7.82. The number of rotatable bonds is 5. The van der Waals surface area contributed by atoms with Gasteiger partial charge in [-0.15, -0.1) is 0 Å². The van der Waals surface area contributed by atoms with Crippen molar-refractivity contribution >= 4 is 17.6 Å². The lowest BCUT2D eigenvalue weighted by Crippen LogP contribution is -2.31. The number of hydrogen-bond donors (Lipinski definition) is 0. The minimum atomic E-state index is -0.495. The monoisotopic (exact) mass is 352 g/mol. The van der Waals surface area contributed by atoms with Crippen LogP contribution >= 0.6 is 0 Å². The van der Waals surface area contributed by atoms with Gasteiger partial charge < -0.3 is 9.47 Å². The van der Waals surface area contributed by atoms with Gasteiger partial charge in [-0.25, -0.2) is 5.01 Å². The van der Waals surface area contributed by atoms with Crippen molar-refractivity contribution in [2.24, 2.45) is 5.10 Å². The summed E-state index contributed by atoms with van der Waals surface area (Å²) in [6, 6.07) is 17.0. The number of carbonyl (C=O) groups is 2. The largest absolute Gasteiger partial charge is 0.497 e. The van der Waals surface area contributed by atoms with E-state index in [2.05, 4.69) is 5.10 Å². The maximum absolute atomic E-state index is 12.6. The molecule has 0 aliphatic carbocycles. The van der Waals surface area contributed by atoms with E-state index in [0.29, 0.717) is 6.42 Å². The highest BCUT2D eigenvalue weighted by atomic mass is 16.5. The zero-order valence-electron chi connectivity index (χ0n) is 14.7. The Bertz CT molecular complexity index is 815. The van der Waals surface area contributed by atoms with E-state index in [4.69, 9.17) is 9.47 Å². The Hall–Kier alpha value is -3.15. The van der Waals surface area contributed by atoms with Crippen molar-refractivity contribution in [3.05, 3.63) is 65.7 Å². The molecule has 1 aliphatic heterocycles. The van der Waals surface area contributed by atoms with Crippen LogP contribution in [-0.2, 0) is 14.3 Å². The molecule has 6 heteroatoms. The van der Waals surface area contributed by atoms with E-state index in [1.165, 1.54) is 11.9 Å². The first kappa shape index (κ1) is 17.7. The lowest BCUT2D eigenvalue weighted by atomic mass is 9.98. The molecule has 0 aromatic heterocycles. The van der Waals surface area contributed by atoms with Crippen LogP contribution < -0.4 is 4.74 Å². The molecule has 26 heavy (non-hydrogen) atoms. The van der Waals surface area contributed by atoms with Crippen LogP contribution in [-0.4, -0.2) is 36.3 Å². The first-order valence-corrected chi connectivity index (χ1v) is 8.30. The Kier molecular flexibility index (Phi) is 5.31. The molecule has 0 spiro atoms. The van der Waals surface area contributed by atoms with Crippen molar-refractivity contribution in [1.82, 2.24) is 5.01 Å². The molecule has 6 nitrogen and oxygen atoms in total. The quantitative estimate of drug-likeness (QED) is 0.776. The number of hydrogen-bond acceptors (Lipinski definition) is 5. The SMILES string of the molecule is COc1ccc([C@H]2CC(c3ccccc3)=NN2C(=O)COC(C)=O)cc1. The van der Waals surface area contributed by atoms with E-state index in [-0.39, 0.29) is 18.6 Å².